The highest BCUT2D eigenvalue weighted by Gasteiger charge is 2.73. The molecule has 31 nitrogen and oxygen atoms in total. The molecule has 0 amide bonds. The fourth-order valence-electron chi connectivity index (χ4n) is 20.4. The molecule has 0 spiro atoms. The summed E-state index contributed by atoms with van der Waals surface area (Å²) in [5.74, 6) is -1.61. The minimum atomic E-state index is -0.974. The summed E-state index contributed by atoms with van der Waals surface area (Å²) in [4.78, 5) is 178. The Kier molecular flexibility index (Phi) is 32.1. The highest BCUT2D eigenvalue weighted by atomic mass is 16.6. The topological polar surface area (TPSA) is 418 Å². The largest absolute Gasteiger partial charge is 0.465 e. The highest BCUT2D eigenvalue weighted by molar-refractivity contribution is 5.87. The van der Waals surface area contributed by atoms with Crippen LogP contribution in [0.3, 0.4) is 0 Å². The first-order valence-electron chi connectivity index (χ1n) is 47.0. The van der Waals surface area contributed by atoms with Gasteiger partial charge in [-0.05, 0) is 231 Å². The van der Waals surface area contributed by atoms with E-state index >= 15 is 0 Å². The Balaban J connectivity index is 0.000000172. The van der Waals surface area contributed by atoms with Crippen molar-refractivity contribution in [2.45, 2.75) is 380 Å². The van der Waals surface area contributed by atoms with Gasteiger partial charge < -0.3 is 71.1 Å². The maximum Gasteiger partial charge on any atom is 0.347 e. The van der Waals surface area contributed by atoms with Gasteiger partial charge in [0.25, 0.3) is 0 Å². The number of esters is 15. The Morgan fingerprint density at radius 3 is 1.37 bits per heavy atom. The SMILES string of the molecule is C.CCC(C)(C)C(=O)OC1(C)CCOC(=O)C1.CCC(C)(C)C(=O)OC12CC3CC(C1)CC(C(=O)OC1CCOC1=O)(C3)C2.CCC(C)(C)C(=O)OC1C2CC3C(=O)OC1C3C2.CCC(C)(C)C(=O)OC1C2CC3C1OC(=O)C3(C#N)C2.CCC(C)(C)C(=O)OC1C2CC3C1OC(=O)C3C2C.CCC(C)(C)C(=O)OC1CCOC1=O.CCC(C)(C)C(=O)OC1COC(=O)C1. The van der Waals surface area contributed by atoms with Gasteiger partial charge in [0, 0.05) is 61.2 Å². The number of carbonyl (C=O) groups is 15. The molecule has 10 saturated carbocycles. The monoisotopic (exact) mass is 1820 g/mol. The zero-order valence-corrected chi connectivity index (χ0v) is 79.8. The second-order valence-electron chi connectivity index (χ2n) is 43.7. The zero-order chi connectivity index (χ0) is 95.1. The van der Waals surface area contributed by atoms with Crippen molar-refractivity contribution < 1.29 is 143 Å². The summed E-state index contributed by atoms with van der Waals surface area (Å²) in [6.45, 7) is 44.8. The predicted octanol–water partition coefficient (Wildman–Crippen LogP) is 14.3. The summed E-state index contributed by atoms with van der Waals surface area (Å²) < 4.78 is 79.8. The van der Waals surface area contributed by atoms with Crippen molar-refractivity contribution in [3.63, 3.8) is 0 Å². The van der Waals surface area contributed by atoms with E-state index in [0.29, 0.717) is 114 Å². The lowest BCUT2D eigenvalue weighted by Crippen LogP contribution is -2.60. The van der Waals surface area contributed by atoms with Crippen LogP contribution in [0.4, 0.5) is 0 Å². The van der Waals surface area contributed by atoms with E-state index < -0.39 is 96.2 Å². The standard InChI is InChI=1S/C21H30O6.C15H19NO4.C15H22O4.C14H20O4.C12H20O4.2C10H16O4.CH4/c1-4-19(2,3)17(23)27-21-10-13-7-14(11-21)9-20(8-13,12-21)18(24)26-15-5-6-25-16(15)22;1-4-14(2,3)12(17)19-10-8-5-9-11(10)20-13(18)15(9,6-8)7-16;1-5-15(3,4)14(17)19-11-8-6-9-10(7(8)2)13(16)18-12(9)11;1-4-14(2,3)13(16)18-10-7-5-8-9(6-7)12(15)17-11(8)10;1-5-11(2,3)10(14)16-12(4)6-7-15-9(13)8-12;1-4-10(2,3)9(12)14-7-5-8(11)13-6-7;1-4-10(2,3)9(12)14-7-5-6-13-8(7)11;/h13-15H,4-12H2,1-3H3;8-11H,4-6H2,1-3H3;7-12H,5-6H2,1-4H3;7-11H,4-6H2,1-3H3;5-8H2,1-4H3;2*7H,4-6H2,1-3H3;1H4. The van der Waals surface area contributed by atoms with Crippen LogP contribution in [-0.4, -0.2) is 182 Å². The molecule has 10 aliphatic carbocycles. The van der Waals surface area contributed by atoms with Crippen molar-refractivity contribution in [1.29, 1.82) is 5.26 Å². The summed E-state index contributed by atoms with van der Waals surface area (Å²) in [6, 6.07) is 2.15. The number of hydrogen-bond acceptors (Lipinski definition) is 31. The molecule has 0 aromatic carbocycles. The van der Waals surface area contributed by atoms with E-state index in [0.717, 1.165) is 70.6 Å². The third kappa shape index (κ3) is 22.1. The first-order chi connectivity index (χ1) is 59.5. The smallest absolute Gasteiger partial charge is 0.347 e. The van der Waals surface area contributed by atoms with Gasteiger partial charge in [0.05, 0.1) is 93.9 Å². The third-order valence-electron chi connectivity index (χ3n) is 31.8. The van der Waals surface area contributed by atoms with Crippen LogP contribution in [0.25, 0.3) is 0 Å². The van der Waals surface area contributed by atoms with Crippen LogP contribution in [0.1, 0.15) is 314 Å². The molecule has 0 aromatic rings. The Bertz CT molecular complexity index is 4240. The summed E-state index contributed by atoms with van der Waals surface area (Å²) in [5, 5.41) is 9.31. The van der Waals surface area contributed by atoms with Gasteiger partial charge in [-0.1, -0.05) is 62.8 Å². The minimum Gasteiger partial charge on any atom is -0.465 e. The molecule has 0 N–H and O–H groups in total. The number of carbonyl (C=O) groups excluding carboxylic acids is 15. The number of ether oxygens (including phenoxy) is 15. The first-order valence-corrected chi connectivity index (χ1v) is 47.0. The number of hydrogen-bond donors (Lipinski definition) is 0. The molecule has 129 heavy (non-hydrogen) atoms. The zero-order valence-electron chi connectivity index (χ0n) is 79.8. The summed E-state index contributed by atoms with van der Waals surface area (Å²) in [7, 11) is 0. The van der Waals surface area contributed by atoms with Gasteiger partial charge in [-0.2, -0.15) is 5.26 Å². The lowest BCUT2D eigenvalue weighted by molar-refractivity contribution is -0.219. The number of fused-ring (bicyclic) bond motifs is 3. The highest BCUT2D eigenvalue weighted by Crippen LogP contribution is 2.66. The van der Waals surface area contributed by atoms with Crippen LogP contribution in [0, 0.1) is 125 Å². The van der Waals surface area contributed by atoms with Crippen LogP contribution in [0.15, 0.2) is 0 Å². The molecule has 17 aliphatic rings. The second-order valence-corrected chi connectivity index (χ2v) is 43.7. The van der Waals surface area contributed by atoms with Gasteiger partial charge in [-0.25, -0.2) is 9.59 Å². The van der Waals surface area contributed by atoms with E-state index in [2.05, 4.69) is 13.0 Å². The third-order valence-corrected chi connectivity index (χ3v) is 31.8. The van der Waals surface area contributed by atoms with E-state index in [1.807, 2.05) is 132 Å². The summed E-state index contributed by atoms with van der Waals surface area (Å²) in [5.41, 5.74) is -6.32. The van der Waals surface area contributed by atoms with E-state index in [1.165, 1.54) is 0 Å². The molecule has 31 heteroatoms. The Morgan fingerprint density at radius 1 is 0.442 bits per heavy atom. The number of nitriles is 1. The fraction of sp³-hybridized carbons (Fsp3) is 0.837. The molecule has 22 atom stereocenters. The van der Waals surface area contributed by atoms with Gasteiger partial charge in [0.2, 0.25) is 12.2 Å². The van der Waals surface area contributed by atoms with Crippen molar-refractivity contribution in [1.82, 2.24) is 0 Å². The molecule has 724 valence electrons. The molecule has 0 aromatic heterocycles. The number of cyclic esters (lactones) is 4. The van der Waals surface area contributed by atoms with Crippen LogP contribution in [0.2, 0.25) is 0 Å². The first kappa shape index (κ1) is 104. The average molecular weight is 1820 g/mol. The quantitative estimate of drug-likeness (QED) is 0.0677. The molecule has 7 saturated heterocycles. The van der Waals surface area contributed by atoms with Crippen LogP contribution in [-0.2, 0) is 143 Å². The normalized spacial score (nSPS) is 34.9. The Morgan fingerprint density at radius 2 is 0.899 bits per heavy atom. The molecular weight excluding hydrogens is 1670 g/mol. The van der Waals surface area contributed by atoms with Gasteiger partial charge in [0.15, 0.2) is 5.41 Å². The van der Waals surface area contributed by atoms with Crippen molar-refractivity contribution in [2.24, 2.45) is 114 Å². The summed E-state index contributed by atoms with van der Waals surface area (Å²) in [6.07, 6.45) is 12.3. The molecule has 0 radical (unpaired) electrons. The lowest BCUT2D eigenvalue weighted by Gasteiger charge is -2.60. The fourth-order valence-corrected chi connectivity index (χ4v) is 20.4. The van der Waals surface area contributed by atoms with Crippen LogP contribution >= 0.6 is 0 Å². The number of rotatable bonds is 23. The van der Waals surface area contributed by atoms with Crippen molar-refractivity contribution in [3.05, 3.63) is 0 Å². The molecule has 7 aliphatic heterocycles. The van der Waals surface area contributed by atoms with Crippen molar-refractivity contribution >= 4 is 89.5 Å². The molecule has 10 bridgehead atoms. The van der Waals surface area contributed by atoms with Gasteiger partial charge in [-0.15, -0.1) is 0 Å². The second kappa shape index (κ2) is 39.8. The predicted molar refractivity (Wildman–Crippen MR) is 460 cm³/mol. The summed E-state index contributed by atoms with van der Waals surface area (Å²) >= 11 is 0. The minimum absolute atomic E-state index is 0. The maximum atomic E-state index is 13.1. The maximum absolute atomic E-state index is 13.1. The molecule has 7 heterocycles. The van der Waals surface area contributed by atoms with Crippen LogP contribution in [0.5, 0.6) is 0 Å². The van der Waals surface area contributed by atoms with E-state index in [1.54, 1.807) is 20.8 Å². The Hall–Kier alpha value is -8.46. The van der Waals surface area contributed by atoms with E-state index in [4.69, 9.17) is 71.1 Å². The molecular formula is C98H147NO30. The molecule has 22 unspecified atom stereocenters. The van der Waals surface area contributed by atoms with E-state index in [-0.39, 0.29) is 171 Å². The van der Waals surface area contributed by atoms with Crippen molar-refractivity contribution in [3.8, 4) is 6.07 Å². The van der Waals surface area contributed by atoms with Crippen LogP contribution < -0.4 is 0 Å². The number of nitrogens with zero attached hydrogens (tertiary/aromatic N) is 1. The van der Waals surface area contributed by atoms with Crippen molar-refractivity contribution in [2.75, 3.05) is 26.4 Å². The molecule has 17 fully saturated rings. The molecule has 17 rings (SSSR count). The van der Waals surface area contributed by atoms with Gasteiger partial charge in [0.1, 0.15) is 60.5 Å². The average Bonchev–Trinajstić information content (AvgIpc) is 1.49. The van der Waals surface area contributed by atoms with Gasteiger partial charge >= 0.3 is 89.5 Å². The Labute approximate surface area is 761 Å². The van der Waals surface area contributed by atoms with Gasteiger partial charge in [-0.3, -0.25) is 62.3 Å². The lowest BCUT2D eigenvalue weighted by atomic mass is 9.48. The van der Waals surface area contributed by atoms with E-state index in [9.17, 15) is 77.2 Å².